The van der Waals surface area contributed by atoms with E-state index in [-0.39, 0.29) is 18.9 Å². The molecule has 0 aliphatic carbocycles. The molecule has 1 unspecified atom stereocenters. The largest absolute Gasteiger partial charge is 0.455 e. The predicted octanol–water partition coefficient (Wildman–Crippen LogP) is 3.37. The smallest absolute Gasteiger partial charge is 0.311 e. The monoisotopic (exact) mass is 402 g/mol. The van der Waals surface area contributed by atoms with Gasteiger partial charge in [0.1, 0.15) is 0 Å². The lowest BCUT2D eigenvalue weighted by Crippen LogP contribution is -2.28. The van der Waals surface area contributed by atoms with E-state index in [9.17, 15) is 14.4 Å². The Morgan fingerprint density at radius 1 is 0.967 bits per heavy atom. The van der Waals surface area contributed by atoms with E-state index in [0.717, 1.165) is 16.3 Å². The van der Waals surface area contributed by atoms with Gasteiger partial charge in [0.05, 0.1) is 5.92 Å². The summed E-state index contributed by atoms with van der Waals surface area (Å²) < 4.78 is 5.19. The highest BCUT2D eigenvalue weighted by molar-refractivity contribution is 6.02. The minimum absolute atomic E-state index is 0.0824. The van der Waals surface area contributed by atoms with E-state index in [0.29, 0.717) is 18.8 Å². The number of likely N-dealkylation sites (tertiary alicyclic amines) is 1. The quantitative estimate of drug-likeness (QED) is 0.642. The van der Waals surface area contributed by atoms with Gasteiger partial charge in [-0.3, -0.25) is 14.4 Å². The number of carbonyl (C=O) groups excluding carboxylic acids is 3. The minimum atomic E-state index is -0.549. The molecule has 6 nitrogen and oxygen atoms in total. The zero-order chi connectivity index (χ0) is 20.9. The van der Waals surface area contributed by atoms with E-state index in [1.54, 1.807) is 11.0 Å². The second-order valence-electron chi connectivity index (χ2n) is 7.34. The van der Waals surface area contributed by atoms with Gasteiger partial charge in [-0.25, -0.2) is 0 Å². The molecule has 0 saturated carbocycles. The number of benzene rings is 3. The van der Waals surface area contributed by atoms with E-state index >= 15 is 0 Å². The molecule has 0 spiro atoms. The number of anilines is 1. The zero-order valence-corrected chi connectivity index (χ0v) is 16.4. The number of nitrogens with one attached hydrogen (secondary N) is 1. The fourth-order valence-electron chi connectivity index (χ4n) is 3.66. The molecule has 4 rings (SSSR count). The van der Waals surface area contributed by atoms with Crippen LogP contribution in [0.25, 0.3) is 10.8 Å². The lowest BCUT2D eigenvalue weighted by atomic mass is 10.1. The molecule has 0 aromatic heterocycles. The molecule has 1 atom stereocenters. The normalized spacial score (nSPS) is 15.9. The third kappa shape index (κ3) is 4.49. The number of ether oxygens (including phenoxy) is 1. The van der Waals surface area contributed by atoms with Gasteiger partial charge >= 0.3 is 5.97 Å². The first-order chi connectivity index (χ1) is 14.6. The van der Waals surface area contributed by atoms with Crippen molar-refractivity contribution in [3.63, 3.8) is 0 Å². The van der Waals surface area contributed by atoms with Gasteiger partial charge in [-0.05, 0) is 17.0 Å². The second-order valence-corrected chi connectivity index (χ2v) is 7.34. The van der Waals surface area contributed by atoms with Crippen LogP contribution in [-0.4, -0.2) is 35.8 Å². The van der Waals surface area contributed by atoms with Crippen LogP contribution in [0.5, 0.6) is 0 Å². The molecule has 30 heavy (non-hydrogen) atoms. The molecule has 1 fully saturated rings. The van der Waals surface area contributed by atoms with Crippen LogP contribution in [0.2, 0.25) is 0 Å². The summed E-state index contributed by atoms with van der Waals surface area (Å²) >= 11 is 0. The van der Waals surface area contributed by atoms with Gasteiger partial charge in [0.25, 0.3) is 5.91 Å². The van der Waals surface area contributed by atoms with Crippen molar-refractivity contribution in [2.45, 2.75) is 13.0 Å². The van der Waals surface area contributed by atoms with Gasteiger partial charge in [0.15, 0.2) is 6.61 Å². The second kappa shape index (κ2) is 8.78. The number of fused-ring (bicyclic) bond motifs is 1. The fraction of sp³-hybridized carbons (Fsp3) is 0.208. The maximum absolute atomic E-state index is 12.4. The highest BCUT2D eigenvalue weighted by Gasteiger charge is 2.35. The van der Waals surface area contributed by atoms with Crippen LogP contribution >= 0.6 is 0 Å². The van der Waals surface area contributed by atoms with Crippen molar-refractivity contribution in [2.75, 3.05) is 18.5 Å². The Morgan fingerprint density at radius 3 is 2.53 bits per heavy atom. The van der Waals surface area contributed by atoms with Crippen molar-refractivity contribution < 1.29 is 19.1 Å². The number of carbonyl (C=O) groups is 3. The molecule has 1 heterocycles. The van der Waals surface area contributed by atoms with Crippen LogP contribution in [0, 0.1) is 5.92 Å². The van der Waals surface area contributed by atoms with Gasteiger partial charge < -0.3 is 15.0 Å². The average Bonchev–Trinajstić information content (AvgIpc) is 3.13. The Balaban J connectivity index is 1.30. The average molecular weight is 402 g/mol. The first-order valence-corrected chi connectivity index (χ1v) is 9.86. The van der Waals surface area contributed by atoms with Crippen LogP contribution in [0.15, 0.2) is 72.8 Å². The van der Waals surface area contributed by atoms with Crippen molar-refractivity contribution >= 4 is 34.2 Å². The molecule has 0 radical (unpaired) electrons. The Morgan fingerprint density at radius 2 is 1.70 bits per heavy atom. The fourth-order valence-corrected chi connectivity index (χ4v) is 3.66. The van der Waals surface area contributed by atoms with E-state index < -0.39 is 17.8 Å². The number of rotatable bonds is 6. The topological polar surface area (TPSA) is 75.7 Å². The Hall–Kier alpha value is -3.67. The lowest BCUT2D eigenvalue weighted by Gasteiger charge is -2.16. The molecule has 2 amide bonds. The number of esters is 1. The molecule has 6 heteroatoms. The SMILES string of the molecule is O=C(COC(=O)C1CC(=O)N(Cc2ccccc2)C1)Nc1cccc2ccccc12. The molecule has 1 aliphatic rings. The maximum atomic E-state index is 12.4. The van der Waals surface area contributed by atoms with Crippen molar-refractivity contribution in [2.24, 2.45) is 5.92 Å². The summed E-state index contributed by atoms with van der Waals surface area (Å²) in [6.45, 7) is 0.383. The summed E-state index contributed by atoms with van der Waals surface area (Å²) in [5.74, 6) is -1.57. The van der Waals surface area contributed by atoms with Gasteiger partial charge in [-0.1, -0.05) is 66.7 Å². The first-order valence-electron chi connectivity index (χ1n) is 9.86. The maximum Gasteiger partial charge on any atom is 0.311 e. The van der Waals surface area contributed by atoms with E-state index in [1.165, 1.54) is 0 Å². The highest BCUT2D eigenvalue weighted by atomic mass is 16.5. The zero-order valence-electron chi connectivity index (χ0n) is 16.4. The van der Waals surface area contributed by atoms with Crippen LogP contribution in [0.4, 0.5) is 5.69 Å². The number of hydrogen-bond acceptors (Lipinski definition) is 4. The van der Waals surface area contributed by atoms with E-state index in [4.69, 9.17) is 4.74 Å². The van der Waals surface area contributed by atoms with Crippen molar-refractivity contribution in [3.8, 4) is 0 Å². The lowest BCUT2D eigenvalue weighted by molar-refractivity contribution is -0.151. The molecule has 0 bridgehead atoms. The molecular formula is C24H22N2O4. The Labute approximate surface area is 174 Å². The highest BCUT2D eigenvalue weighted by Crippen LogP contribution is 2.23. The van der Waals surface area contributed by atoms with Gasteiger partial charge in [0, 0.05) is 30.6 Å². The van der Waals surface area contributed by atoms with Crippen LogP contribution < -0.4 is 5.32 Å². The molecule has 1 aliphatic heterocycles. The number of nitrogens with zero attached hydrogens (tertiary/aromatic N) is 1. The molecule has 152 valence electrons. The van der Waals surface area contributed by atoms with Crippen molar-refractivity contribution in [1.29, 1.82) is 0 Å². The third-order valence-electron chi connectivity index (χ3n) is 5.17. The minimum Gasteiger partial charge on any atom is -0.455 e. The number of hydrogen-bond donors (Lipinski definition) is 1. The van der Waals surface area contributed by atoms with Crippen LogP contribution in [0.3, 0.4) is 0 Å². The van der Waals surface area contributed by atoms with Crippen molar-refractivity contribution in [1.82, 2.24) is 4.90 Å². The van der Waals surface area contributed by atoms with Gasteiger partial charge in [-0.15, -0.1) is 0 Å². The molecular weight excluding hydrogens is 380 g/mol. The first kappa shape index (κ1) is 19.6. The molecule has 3 aromatic carbocycles. The Bertz CT molecular complexity index is 1080. The van der Waals surface area contributed by atoms with Crippen molar-refractivity contribution in [3.05, 3.63) is 78.4 Å². The van der Waals surface area contributed by atoms with E-state index in [1.807, 2.05) is 66.7 Å². The van der Waals surface area contributed by atoms with Gasteiger partial charge in [-0.2, -0.15) is 0 Å². The molecule has 1 N–H and O–H groups in total. The summed E-state index contributed by atoms with van der Waals surface area (Å²) in [4.78, 5) is 38.5. The van der Waals surface area contributed by atoms with Crippen LogP contribution in [0.1, 0.15) is 12.0 Å². The predicted molar refractivity (Wildman–Crippen MR) is 114 cm³/mol. The Kier molecular flexibility index (Phi) is 5.75. The van der Waals surface area contributed by atoms with E-state index in [2.05, 4.69) is 5.32 Å². The summed E-state index contributed by atoms with van der Waals surface area (Å²) in [5, 5.41) is 4.71. The molecule has 1 saturated heterocycles. The number of amides is 2. The summed E-state index contributed by atoms with van der Waals surface area (Å²) in [7, 11) is 0. The standard InChI is InChI=1S/C24H22N2O4/c27-22(25-21-12-6-10-18-9-4-5-11-20(18)21)16-30-24(29)19-13-23(28)26(15-19)14-17-7-2-1-3-8-17/h1-12,19H,13-16H2,(H,25,27). The molecule has 3 aromatic rings. The van der Waals surface area contributed by atoms with Crippen LogP contribution in [-0.2, 0) is 25.7 Å². The summed E-state index contributed by atoms with van der Waals surface area (Å²) in [6.07, 6.45) is 0.108. The van der Waals surface area contributed by atoms with Gasteiger partial charge in [0.2, 0.25) is 5.91 Å². The summed E-state index contributed by atoms with van der Waals surface area (Å²) in [6, 6.07) is 23.0. The third-order valence-corrected chi connectivity index (χ3v) is 5.17. The summed E-state index contributed by atoms with van der Waals surface area (Å²) in [5.41, 5.74) is 1.67.